The average Bonchev–Trinajstić information content (AvgIpc) is 2.82. The molecule has 4 rings (SSSR count). The SMILES string of the molecule is COc1ccc(S(=O)(=O)C2NCCc3ccc(OCCCN4CCCCC4)cc32)cc1.Cl. The molecular weight excluding hydrogens is 448 g/mol. The largest absolute Gasteiger partial charge is 0.497 e. The van der Waals surface area contributed by atoms with E-state index in [1.165, 1.54) is 32.4 Å². The van der Waals surface area contributed by atoms with Gasteiger partial charge >= 0.3 is 0 Å². The zero-order valence-electron chi connectivity index (χ0n) is 18.6. The van der Waals surface area contributed by atoms with E-state index in [0.717, 1.165) is 36.3 Å². The third-order valence-corrected chi connectivity index (χ3v) is 8.13. The molecule has 0 radical (unpaired) electrons. The van der Waals surface area contributed by atoms with Crippen LogP contribution in [0.1, 0.15) is 42.2 Å². The van der Waals surface area contributed by atoms with Gasteiger partial charge in [-0.3, -0.25) is 5.32 Å². The Morgan fingerprint density at radius 3 is 2.47 bits per heavy atom. The lowest BCUT2D eigenvalue weighted by atomic mass is 10.0. The summed E-state index contributed by atoms with van der Waals surface area (Å²) < 4.78 is 37.8. The topological polar surface area (TPSA) is 67.9 Å². The summed E-state index contributed by atoms with van der Waals surface area (Å²) in [5.41, 5.74) is 1.84. The predicted molar refractivity (Wildman–Crippen MR) is 129 cm³/mol. The standard InChI is InChI=1S/C24H32N2O4S.ClH/c1-29-20-8-10-22(11-9-20)31(27,28)24-23-18-21(7-6-19(23)12-13-25-24)30-17-5-16-26-14-3-2-4-15-26;/h6-11,18,24-25H,2-5,12-17H2,1H3;1H. The van der Waals surface area contributed by atoms with Crippen LogP contribution in [0.4, 0.5) is 0 Å². The Morgan fingerprint density at radius 1 is 1.03 bits per heavy atom. The van der Waals surface area contributed by atoms with Crippen LogP contribution in [0, 0.1) is 0 Å². The summed E-state index contributed by atoms with van der Waals surface area (Å²) in [5, 5.41) is 2.42. The number of benzene rings is 2. The van der Waals surface area contributed by atoms with Gasteiger partial charge in [-0.15, -0.1) is 12.4 Å². The van der Waals surface area contributed by atoms with Gasteiger partial charge in [-0.25, -0.2) is 8.42 Å². The van der Waals surface area contributed by atoms with Crippen molar-refractivity contribution in [2.24, 2.45) is 0 Å². The average molecular weight is 481 g/mol. The molecule has 0 saturated carbocycles. The molecule has 2 aliphatic heterocycles. The molecule has 0 amide bonds. The number of nitrogens with zero attached hydrogens (tertiary/aromatic N) is 1. The Labute approximate surface area is 197 Å². The van der Waals surface area contributed by atoms with Gasteiger partial charge in [-0.2, -0.15) is 0 Å². The van der Waals surface area contributed by atoms with E-state index in [1.807, 2.05) is 18.2 Å². The lowest BCUT2D eigenvalue weighted by Gasteiger charge is -2.28. The molecule has 176 valence electrons. The number of ether oxygens (including phenoxy) is 2. The van der Waals surface area contributed by atoms with Crippen LogP contribution in [0.5, 0.6) is 11.5 Å². The van der Waals surface area contributed by atoms with Crippen molar-refractivity contribution in [3.05, 3.63) is 53.6 Å². The van der Waals surface area contributed by atoms with Crippen LogP contribution in [0.2, 0.25) is 0 Å². The van der Waals surface area contributed by atoms with Gasteiger partial charge in [0.15, 0.2) is 9.84 Å². The summed E-state index contributed by atoms with van der Waals surface area (Å²) in [7, 11) is -2.02. The van der Waals surface area contributed by atoms with Crippen LogP contribution >= 0.6 is 12.4 Å². The second-order valence-electron chi connectivity index (χ2n) is 8.27. The number of likely N-dealkylation sites (tertiary alicyclic amines) is 1. The molecule has 1 atom stereocenters. The van der Waals surface area contributed by atoms with E-state index < -0.39 is 15.2 Å². The first-order chi connectivity index (χ1) is 15.1. The molecule has 1 fully saturated rings. The molecule has 0 spiro atoms. The first-order valence-corrected chi connectivity index (χ1v) is 12.7. The molecule has 2 aromatic rings. The maximum atomic E-state index is 13.3. The third-order valence-electron chi connectivity index (χ3n) is 6.16. The second kappa shape index (κ2) is 11.4. The fourth-order valence-corrected chi connectivity index (χ4v) is 6.10. The molecule has 8 heteroatoms. The van der Waals surface area contributed by atoms with Gasteiger partial charge in [0.05, 0.1) is 18.6 Å². The van der Waals surface area contributed by atoms with Crippen LogP contribution in [0.15, 0.2) is 47.4 Å². The first kappa shape index (κ1) is 24.8. The highest BCUT2D eigenvalue weighted by molar-refractivity contribution is 7.91. The van der Waals surface area contributed by atoms with Crippen molar-refractivity contribution < 1.29 is 17.9 Å². The van der Waals surface area contributed by atoms with Crippen molar-refractivity contribution in [1.29, 1.82) is 0 Å². The van der Waals surface area contributed by atoms with E-state index in [1.54, 1.807) is 31.4 Å². The monoisotopic (exact) mass is 480 g/mol. The third kappa shape index (κ3) is 5.76. The van der Waals surface area contributed by atoms with E-state index in [4.69, 9.17) is 9.47 Å². The van der Waals surface area contributed by atoms with E-state index in [2.05, 4.69) is 10.2 Å². The summed E-state index contributed by atoms with van der Waals surface area (Å²) in [6.45, 7) is 4.70. The molecule has 0 aliphatic carbocycles. The van der Waals surface area contributed by atoms with Crippen molar-refractivity contribution in [2.75, 3.05) is 39.9 Å². The Bertz CT molecular complexity index is 976. The van der Waals surface area contributed by atoms with Crippen molar-refractivity contribution in [2.45, 2.75) is 42.4 Å². The highest BCUT2D eigenvalue weighted by Crippen LogP contribution is 2.34. The summed E-state index contributed by atoms with van der Waals surface area (Å²) >= 11 is 0. The number of hydrogen-bond acceptors (Lipinski definition) is 6. The highest BCUT2D eigenvalue weighted by Gasteiger charge is 2.33. The number of sulfone groups is 1. The van der Waals surface area contributed by atoms with E-state index in [0.29, 0.717) is 18.9 Å². The van der Waals surface area contributed by atoms with Crippen molar-refractivity contribution in [1.82, 2.24) is 10.2 Å². The van der Waals surface area contributed by atoms with Crippen LogP contribution in [-0.2, 0) is 16.3 Å². The molecule has 6 nitrogen and oxygen atoms in total. The number of piperidine rings is 1. The zero-order valence-corrected chi connectivity index (χ0v) is 20.2. The smallest absolute Gasteiger partial charge is 0.198 e. The molecule has 1 N–H and O–H groups in total. The molecule has 0 bridgehead atoms. The van der Waals surface area contributed by atoms with Crippen LogP contribution in [-0.4, -0.2) is 53.2 Å². The minimum atomic E-state index is -3.59. The molecule has 2 heterocycles. The van der Waals surface area contributed by atoms with E-state index >= 15 is 0 Å². The number of rotatable bonds is 8. The predicted octanol–water partition coefficient (Wildman–Crippen LogP) is 3.99. The fourth-order valence-electron chi connectivity index (χ4n) is 4.42. The van der Waals surface area contributed by atoms with E-state index in [9.17, 15) is 8.42 Å². The second-order valence-corrected chi connectivity index (χ2v) is 10.3. The lowest BCUT2D eigenvalue weighted by molar-refractivity contribution is 0.205. The molecule has 2 aromatic carbocycles. The van der Waals surface area contributed by atoms with Crippen LogP contribution in [0.3, 0.4) is 0 Å². The molecule has 1 unspecified atom stereocenters. The first-order valence-electron chi connectivity index (χ1n) is 11.2. The Hall–Kier alpha value is -1.80. The maximum absolute atomic E-state index is 13.3. The Kier molecular flexibility index (Phi) is 8.82. The summed E-state index contributed by atoms with van der Waals surface area (Å²) in [5.74, 6) is 1.37. The summed E-state index contributed by atoms with van der Waals surface area (Å²) in [4.78, 5) is 2.78. The van der Waals surface area contributed by atoms with Gasteiger partial charge in [0, 0.05) is 13.1 Å². The minimum absolute atomic E-state index is 0. The molecule has 2 aliphatic rings. The molecule has 1 saturated heterocycles. The normalized spacial score (nSPS) is 19.0. The van der Waals surface area contributed by atoms with Crippen molar-refractivity contribution >= 4 is 22.2 Å². The lowest BCUT2D eigenvalue weighted by Crippen LogP contribution is -2.35. The molecule has 0 aromatic heterocycles. The Morgan fingerprint density at radius 2 is 1.75 bits per heavy atom. The van der Waals surface area contributed by atoms with Gasteiger partial charge in [0.2, 0.25) is 0 Å². The van der Waals surface area contributed by atoms with Gasteiger partial charge in [0.25, 0.3) is 0 Å². The fraction of sp³-hybridized carbons (Fsp3) is 0.500. The van der Waals surface area contributed by atoms with Crippen LogP contribution < -0.4 is 14.8 Å². The minimum Gasteiger partial charge on any atom is -0.497 e. The highest BCUT2D eigenvalue weighted by atomic mass is 35.5. The molecular formula is C24H33ClN2O4S. The maximum Gasteiger partial charge on any atom is 0.198 e. The quantitative estimate of drug-likeness (QED) is 0.576. The zero-order chi connectivity index (χ0) is 21.7. The number of hydrogen-bond donors (Lipinski definition) is 1. The van der Waals surface area contributed by atoms with E-state index in [-0.39, 0.29) is 17.3 Å². The summed E-state index contributed by atoms with van der Waals surface area (Å²) in [6.07, 6.45) is 5.71. The van der Waals surface area contributed by atoms with Gasteiger partial charge < -0.3 is 14.4 Å². The number of nitrogens with one attached hydrogen (secondary N) is 1. The Balaban J connectivity index is 0.00000289. The summed E-state index contributed by atoms with van der Waals surface area (Å²) in [6, 6.07) is 12.4. The number of methoxy groups -OCH3 is 1. The number of halogens is 1. The van der Waals surface area contributed by atoms with Gasteiger partial charge in [-0.1, -0.05) is 12.5 Å². The van der Waals surface area contributed by atoms with Crippen LogP contribution in [0.25, 0.3) is 0 Å². The van der Waals surface area contributed by atoms with Crippen molar-refractivity contribution in [3.63, 3.8) is 0 Å². The van der Waals surface area contributed by atoms with Crippen molar-refractivity contribution in [3.8, 4) is 11.5 Å². The molecule has 32 heavy (non-hydrogen) atoms. The number of fused-ring (bicyclic) bond motifs is 1. The van der Waals surface area contributed by atoms with Gasteiger partial charge in [0.1, 0.15) is 16.9 Å². The van der Waals surface area contributed by atoms with Gasteiger partial charge in [-0.05, 0) is 86.3 Å².